The van der Waals surface area contributed by atoms with Crippen LogP contribution in [0.15, 0.2) is 47.4 Å². The number of carbonyl (C=O) groups is 1. The van der Waals surface area contributed by atoms with Crippen LogP contribution in [0.4, 0.5) is 5.69 Å². The molecule has 5 nitrogen and oxygen atoms in total. The number of nitrogens with one attached hydrogen (secondary N) is 2. The predicted octanol–water partition coefficient (Wildman–Crippen LogP) is 2.81. The first-order valence-electron chi connectivity index (χ1n) is 6.44. The second-order valence-corrected chi connectivity index (χ2v) is 6.94. The fourth-order valence-corrected chi connectivity index (χ4v) is 3.00. The number of aryl methyl sites for hydroxylation is 1. The van der Waals surface area contributed by atoms with E-state index in [2.05, 4.69) is 10.0 Å². The summed E-state index contributed by atoms with van der Waals surface area (Å²) in [7, 11) is -2.24. The highest BCUT2D eigenvalue weighted by Crippen LogP contribution is 2.20. The monoisotopic (exact) mass is 338 g/mol. The molecule has 0 radical (unpaired) electrons. The molecule has 0 saturated carbocycles. The summed E-state index contributed by atoms with van der Waals surface area (Å²) in [6, 6.07) is 11.1. The second kappa shape index (κ2) is 6.48. The minimum atomic E-state index is -3.58. The van der Waals surface area contributed by atoms with Gasteiger partial charge in [0.05, 0.1) is 4.90 Å². The van der Waals surface area contributed by atoms with E-state index in [-0.39, 0.29) is 10.8 Å². The van der Waals surface area contributed by atoms with Crippen LogP contribution in [0.3, 0.4) is 0 Å². The smallest absolute Gasteiger partial charge is 0.255 e. The van der Waals surface area contributed by atoms with Crippen LogP contribution >= 0.6 is 11.6 Å². The standard InChI is InChI=1S/C15H15ClN2O3S/c1-10-3-8-13(9-14(10)22(20,21)17-2)18-15(19)11-4-6-12(16)7-5-11/h3-9,17H,1-2H3,(H,18,19). The summed E-state index contributed by atoms with van der Waals surface area (Å²) in [5.41, 5.74) is 1.43. The summed E-state index contributed by atoms with van der Waals surface area (Å²) in [6.07, 6.45) is 0. The third-order valence-corrected chi connectivity index (χ3v) is 4.92. The highest BCUT2D eigenvalue weighted by molar-refractivity contribution is 7.89. The van der Waals surface area contributed by atoms with Gasteiger partial charge in [-0.1, -0.05) is 17.7 Å². The van der Waals surface area contributed by atoms with Crippen LogP contribution in [-0.2, 0) is 10.0 Å². The van der Waals surface area contributed by atoms with Gasteiger partial charge in [-0.3, -0.25) is 4.79 Å². The number of sulfonamides is 1. The topological polar surface area (TPSA) is 75.3 Å². The lowest BCUT2D eigenvalue weighted by atomic mass is 10.2. The van der Waals surface area contributed by atoms with Gasteiger partial charge in [-0.15, -0.1) is 0 Å². The molecule has 0 bridgehead atoms. The molecule has 0 aliphatic rings. The normalized spacial score (nSPS) is 11.2. The van der Waals surface area contributed by atoms with Crippen LogP contribution in [0, 0.1) is 6.92 Å². The summed E-state index contributed by atoms with van der Waals surface area (Å²) < 4.78 is 26.1. The molecule has 7 heteroatoms. The zero-order valence-corrected chi connectivity index (χ0v) is 13.6. The van der Waals surface area contributed by atoms with Crippen molar-refractivity contribution in [3.63, 3.8) is 0 Å². The van der Waals surface area contributed by atoms with E-state index in [1.165, 1.54) is 13.1 Å². The van der Waals surface area contributed by atoms with Gasteiger partial charge < -0.3 is 5.32 Å². The highest BCUT2D eigenvalue weighted by atomic mass is 35.5. The number of amides is 1. The maximum atomic E-state index is 12.1. The van der Waals surface area contributed by atoms with E-state index < -0.39 is 10.0 Å². The van der Waals surface area contributed by atoms with Gasteiger partial charge >= 0.3 is 0 Å². The molecule has 2 aromatic carbocycles. The van der Waals surface area contributed by atoms with E-state index in [1.807, 2.05) is 0 Å². The lowest BCUT2D eigenvalue weighted by Gasteiger charge is -2.10. The van der Waals surface area contributed by atoms with E-state index in [4.69, 9.17) is 11.6 Å². The van der Waals surface area contributed by atoms with E-state index in [0.29, 0.717) is 21.8 Å². The van der Waals surface area contributed by atoms with Crippen LogP contribution in [0.1, 0.15) is 15.9 Å². The molecule has 0 aliphatic carbocycles. The largest absolute Gasteiger partial charge is 0.322 e. The molecular weight excluding hydrogens is 324 g/mol. The zero-order chi connectivity index (χ0) is 16.3. The number of anilines is 1. The van der Waals surface area contributed by atoms with E-state index in [0.717, 1.165) is 0 Å². The Kier molecular flexibility index (Phi) is 4.85. The second-order valence-electron chi connectivity index (χ2n) is 4.65. The first-order valence-corrected chi connectivity index (χ1v) is 8.31. The Labute approximate surface area is 134 Å². The Hall–Kier alpha value is -1.89. The number of carbonyl (C=O) groups excluding carboxylic acids is 1. The van der Waals surface area contributed by atoms with Crippen molar-refractivity contribution in [2.24, 2.45) is 0 Å². The van der Waals surface area contributed by atoms with Gasteiger partial charge in [0.25, 0.3) is 5.91 Å². The lowest BCUT2D eigenvalue weighted by molar-refractivity contribution is 0.102. The van der Waals surface area contributed by atoms with Crippen molar-refractivity contribution in [3.05, 3.63) is 58.6 Å². The molecule has 0 aromatic heterocycles. The first kappa shape index (κ1) is 16.5. The summed E-state index contributed by atoms with van der Waals surface area (Å²) in [4.78, 5) is 12.3. The van der Waals surface area contributed by atoms with Crippen LogP contribution in [-0.4, -0.2) is 21.4 Å². The fraction of sp³-hybridized carbons (Fsp3) is 0.133. The van der Waals surface area contributed by atoms with Crippen molar-refractivity contribution in [2.75, 3.05) is 12.4 Å². The minimum Gasteiger partial charge on any atom is -0.322 e. The van der Waals surface area contributed by atoms with Gasteiger partial charge in [0, 0.05) is 16.3 Å². The SMILES string of the molecule is CNS(=O)(=O)c1cc(NC(=O)c2ccc(Cl)cc2)ccc1C. The Bertz CT molecular complexity index is 802. The molecule has 22 heavy (non-hydrogen) atoms. The molecular formula is C15H15ClN2O3S. The molecule has 116 valence electrons. The average molecular weight is 339 g/mol. The number of halogens is 1. The predicted molar refractivity (Wildman–Crippen MR) is 86.8 cm³/mol. The van der Waals surface area contributed by atoms with Crippen molar-refractivity contribution < 1.29 is 13.2 Å². The Morgan fingerprint density at radius 3 is 2.32 bits per heavy atom. The molecule has 0 saturated heterocycles. The van der Waals surface area contributed by atoms with Gasteiger partial charge in [0.2, 0.25) is 10.0 Å². The molecule has 1 amide bonds. The molecule has 2 rings (SSSR count). The van der Waals surface area contributed by atoms with E-state index in [9.17, 15) is 13.2 Å². The van der Waals surface area contributed by atoms with Crippen molar-refractivity contribution in [1.82, 2.24) is 4.72 Å². The lowest BCUT2D eigenvalue weighted by Crippen LogP contribution is -2.20. The van der Waals surface area contributed by atoms with Crippen LogP contribution in [0.5, 0.6) is 0 Å². The average Bonchev–Trinajstić information content (AvgIpc) is 2.49. The Morgan fingerprint density at radius 1 is 1.09 bits per heavy atom. The van der Waals surface area contributed by atoms with E-state index in [1.54, 1.807) is 43.3 Å². The number of benzene rings is 2. The van der Waals surface area contributed by atoms with Crippen molar-refractivity contribution in [1.29, 1.82) is 0 Å². The summed E-state index contributed by atoms with van der Waals surface area (Å²) in [6.45, 7) is 1.69. The molecule has 0 fully saturated rings. The highest BCUT2D eigenvalue weighted by Gasteiger charge is 2.16. The van der Waals surface area contributed by atoms with Crippen LogP contribution in [0.2, 0.25) is 5.02 Å². The summed E-state index contributed by atoms with van der Waals surface area (Å²) in [5, 5.41) is 3.20. The maximum absolute atomic E-state index is 12.1. The number of hydrogen-bond acceptors (Lipinski definition) is 3. The molecule has 2 N–H and O–H groups in total. The number of hydrogen-bond donors (Lipinski definition) is 2. The minimum absolute atomic E-state index is 0.129. The van der Waals surface area contributed by atoms with Gasteiger partial charge in [0.1, 0.15) is 0 Å². The summed E-state index contributed by atoms with van der Waals surface area (Å²) in [5.74, 6) is -0.340. The Balaban J connectivity index is 2.29. The van der Waals surface area contributed by atoms with Gasteiger partial charge in [-0.05, 0) is 55.9 Å². The Morgan fingerprint density at radius 2 is 1.73 bits per heavy atom. The van der Waals surface area contributed by atoms with Gasteiger partial charge in [-0.2, -0.15) is 0 Å². The molecule has 0 atom stereocenters. The van der Waals surface area contributed by atoms with Crippen LogP contribution in [0.25, 0.3) is 0 Å². The van der Waals surface area contributed by atoms with Gasteiger partial charge in [-0.25, -0.2) is 13.1 Å². The summed E-state index contributed by atoms with van der Waals surface area (Å²) >= 11 is 5.78. The molecule has 0 heterocycles. The third kappa shape index (κ3) is 3.65. The third-order valence-electron chi connectivity index (χ3n) is 3.11. The van der Waals surface area contributed by atoms with Crippen molar-refractivity contribution in [2.45, 2.75) is 11.8 Å². The maximum Gasteiger partial charge on any atom is 0.255 e. The first-order chi connectivity index (χ1) is 10.3. The van der Waals surface area contributed by atoms with Crippen LogP contribution < -0.4 is 10.0 Å². The van der Waals surface area contributed by atoms with Crippen molar-refractivity contribution in [3.8, 4) is 0 Å². The quantitative estimate of drug-likeness (QED) is 0.900. The molecule has 0 spiro atoms. The van der Waals surface area contributed by atoms with Crippen molar-refractivity contribution >= 4 is 33.2 Å². The molecule has 0 aliphatic heterocycles. The van der Waals surface area contributed by atoms with E-state index >= 15 is 0 Å². The fourth-order valence-electron chi connectivity index (χ4n) is 1.88. The molecule has 2 aromatic rings. The molecule has 0 unspecified atom stereocenters. The van der Waals surface area contributed by atoms with Gasteiger partial charge in [0.15, 0.2) is 0 Å². The zero-order valence-electron chi connectivity index (χ0n) is 12.1. The number of rotatable bonds is 4.